The summed E-state index contributed by atoms with van der Waals surface area (Å²) in [5.41, 5.74) is 0. The van der Waals surface area contributed by atoms with E-state index in [1.807, 2.05) is 23.5 Å². The van der Waals surface area contributed by atoms with Gasteiger partial charge in [-0.05, 0) is 10.8 Å². The van der Waals surface area contributed by atoms with Crippen LogP contribution < -0.4 is 0 Å². The predicted molar refractivity (Wildman–Crippen MR) is 31.3 cm³/mol. The Morgan fingerprint density at radius 3 is 1.50 bits per heavy atom. The van der Waals surface area contributed by atoms with Crippen LogP contribution in [0.25, 0.3) is 0 Å². The van der Waals surface area contributed by atoms with Crippen molar-refractivity contribution in [2.45, 2.75) is 0 Å². The van der Waals surface area contributed by atoms with Gasteiger partial charge in [0, 0.05) is 9.81 Å². The molecule has 2 rings (SSSR count). The summed E-state index contributed by atoms with van der Waals surface area (Å²) in [7, 11) is 0. The topological polar surface area (TPSA) is 0 Å². The van der Waals surface area contributed by atoms with Crippen LogP contribution in [0, 0.1) is 0 Å². The highest BCUT2D eigenvalue weighted by Gasteiger charge is 2.20. The van der Waals surface area contributed by atoms with E-state index >= 15 is 0 Å². The Bertz CT molecular complexity index is 126. The average molecular weight is 114 g/mol. The maximum Gasteiger partial charge on any atom is 0.0328 e. The van der Waals surface area contributed by atoms with Gasteiger partial charge in [0.15, 0.2) is 0 Å². The van der Waals surface area contributed by atoms with Gasteiger partial charge in [-0.3, -0.25) is 0 Å². The standard InChI is InChI=1S/C4H2S2/c1-3(5-1)4-2-6-4/h1-2H. The molecule has 0 aromatic rings. The Morgan fingerprint density at radius 1 is 1.00 bits per heavy atom. The largest absolute Gasteiger partial charge is 0.0951 e. The first kappa shape index (κ1) is 3.22. The summed E-state index contributed by atoms with van der Waals surface area (Å²) < 4.78 is 0. The van der Waals surface area contributed by atoms with E-state index in [2.05, 4.69) is 10.8 Å². The second-order valence-corrected chi connectivity index (χ2v) is 3.02. The lowest BCUT2D eigenvalue weighted by Crippen LogP contribution is -1.38. The van der Waals surface area contributed by atoms with E-state index in [0.29, 0.717) is 0 Å². The van der Waals surface area contributed by atoms with Gasteiger partial charge in [0.2, 0.25) is 0 Å². The van der Waals surface area contributed by atoms with E-state index in [9.17, 15) is 0 Å². The minimum absolute atomic E-state index is 1.49. The molecule has 2 aliphatic heterocycles. The molecule has 0 bridgehead atoms. The zero-order valence-corrected chi connectivity index (χ0v) is 4.60. The third-order valence-electron chi connectivity index (χ3n) is 0.714. The molecule has 0 unspecified atom stereocenters. The zero-order valence-electron chi connectivity index (χ0n) is 2.97. The summed E-state index contributed by atoms with van der Waals surface area (Å²) in [5, 5.41) is 4.34. The van der Waals surface area contributed by atoms with Gasteiger partial charge in [0.1, 0.15) is 0 Å². The van der Waals surface area contributed by atoms with Crippen LogP contribution in [0.5, 0.6) is 0 Å². The Hall–Kier alpha value is 0.180. The van der Waals surface area contributed by atoms with Gasteiger partial charge in [-0.2, -0.15) is 0 Å². The van der Waals surface area contributed by atoms with Crippen molar-refractivity contribution in [1.29, 1.82) is 0 Å². The van der Waals surface area contributed by atoms with Gasteiger partial charge in [-0.15, -0.1) is 0 Å². The third-order valence-corrected chi connectivity index (χ3v) is 2.23. The first-order valence-electron chi connectivity index (χ1n) is 1.71. The van der Waals surface area contributed by atoms with Crippen LogP contribution in [-0.2, 0) is 0 Å². The molecule has 2 heterocycles. The predicted octanol–water partition coefficient (Wildman–Crippen LogP) is 2.16. The molecule has 0 radical (unpaired) electrons. The SMILES string of the molecule is C1=C(C2=CS2)S1. The number of rotatable bonds is 1. The van der Waals surface area contributed by atoms with Gasteiger partial charge >= 0.3 is 0 Å². The lowest BCUT2D eigenvalue weighted by Gasteiger charge is -1.62. The van der Waals surface area contributed by atoms with Crippen LogP contribution in [0.15, 0.2) is 20.6 Å². The molecule has 30 valence electrons. The van der Waals surface area contributed by atoms with Crippen molar-refractivity contribution in [1.82, 2.24) is 0 Å². The number of hydrogen-bond donors (Lipinski definition) is 0. The molecule has 0 N–H and O–H groups in total. The van der Waals surface area contributed by atoms with Crippen LogP contribution in [0.1, 0.15) is 0 Å². The van der Waals surface area contributed by atoms with E-state index in [1.54, 1.807) is 0 Å². The summed E-state index contributed by atoms with van der Waals surface area (Å²) in [4.78, 5) is 2.97. The fourth-order valence-electron chi connectivity index (χ4n) is 0.291. The lowest BCUT2D eigenvalue weighted by molar-refractivity contribution is 2.11. The van der Waals surface area contributed by atoms with Gasteiger partial charge in [-0.25, -0.2) is 0 Å². The first-order valence-corrected chi connectivity index (χ1v) is 3.47. The molecule has 0 aromatic heterocycles. The van der Waals surface area contributed by atoms with Gasteiger partial charge in [0.05, 0.1) is 0 Å². The fourth-order valence-corrected chi connectivity index (χ4v) is 1.45. The smallest absolute Gasteiger partial charge is 0.0328 e. The fraction of sp³-hybridized carbons (Fsp3) is 0. The highest BCUT2D eigenvalue weighted by atomic mass is 32.2. The molecule has 0 aliphatic carbocycles. The number of thioether (sulfide) groups is 2. The Kier molecular flexibility index (Phi) is 0.468. The van der Waals surface area contributed by atoms with Crippen molar-refractivity contribution in [2.75, 3.05) is 0 Å². The minimum atomic E-state index is 1.49. The maximum atomic E-state index is 2.17. The Balaban J connectivity index is 2.26. The van der Waals surface area contributed by atoms with Crippen molar-refractivity contribution in [3.63, 3.8) is 0 Å². The molecular weight excluding hydrogens is 112 g/mol. The Morgan fingerprint density at radius 2 is 1.33 bits per heavy atom. The van der Waals surface area contributed by atoms with Gasteiger partial charge < -0.3 is 0 Å². The summed E-state index contributed by atoms with van der Waals surface area (Å²) in [6.07, 6.45) is 0. The average Bonchev–Trinajstić information content (AvgIpc) is 2.26. The highest BCUT2D eigenvalue weighted by molar-refractivity contribution is 8.18. The summed E-state index contributed by atoms with van der Waals surface area (Å²) in [6, 6.07) is 0. The molecule has 0 atom stereocenters. The van der Waals surface area contributed by atoms with E-state index in [4.69, 9.17) is 0 Å². The first-order chi connectivity index (χ1) is 2.97. The van der Waals surface area contributed by atoms with Gasteiger partial charge in [-0.1, -0.05) is 23.5 Å². The quantitative estimate of drug-likeness (QED) is 0.512. The lowest BCUT2D eigenvalue weighted by atomic mass is 10.6. The van der Waals surface area contributed by atoms with E-state index in [1.165, 1.54) is 9.81 Å². The molecule has 0 aromatic carbocycles. The molecular formula is C4H2S2. The van der Waals surface area contributed by atoms with Crippen molar-refractivity contribution in [3.8, 4) is 0 Å². The minimum Gasteiger partial charge on any atom is -0.0951 e. The van der Waals surface area contributed by atoms with Crippen LogP contribution in [0.3, 0.4) is 0 Å². The second-order valence-electron chi connectivity index (χ2n) is 1.20. The molecule has 0 fully saturated rings. The molecule has 0 saturated carbocycles. The van der Waals surface area contributed by atoms with Crippen LogP contribution in [-0.4, -0.2) is 0 Å². The van der Waals surface area contributed by atoms with Crippen molar-refractivity contribution >= 4 is 23.5 Å². The molecule has 0 saturated heterocycles. The summed E-state index contributed by atoms with van der Waals surface area (Å²) in [6.45, 7) is 0. The van der Waals surface area contributed by atoms with Crippen molar-refractivity contribution < 1.29 is 0 Å². The highest BCUT2D eigenvalue weighted by Crippen LogP contribution is 2.53. The molecule has 0 nitrogen and oxygen atoms in total. The monoisotopic (exact) mass is 114 g/mol. The van der Waals surface area contributed by atoms with Gasteiger partial charge in [0.25, 0.3) is 0 Å². The molecule has 2 heteroatoms. The molecule has 0 amide bonds. The summed E-state index contributed by atoms with van der Waals surface area (Å²) in [5.74, 6) is 0. The van der Waals surface area contributed by atoms with E-state index in [-0.39, 0.29) is 0 Å². The number of hydrogen-bond acceptors (Lipinski definition) is 2. The molecule has 0 spiro atoms. The third kappa shape index (κ3) is 0.408. The van der Waals surface area contributed by atoms with Crippen LogP contribution >= 0.6 is 23.5 Å². The zero-order chi connectivity index (χ0) is 3.98. The Labute approximate surface area is 44.7 Å². The van der Waals surface area contributed by atoms with Crippen molar-refractivity contribution in [3.05, 3.63) is 20.6 Å². The van der Waals surface area contributed by atoms with Crippen molar-refractivity contribution in [2.24, 2.45) is 0 Å². The van der Waals surface area contributed by atoms with E-state index in [0.717, 1.165) is 0 Å². The molecule has 6 heavy (non-hydrogen) atoms. The maximum absolute atomic E-state index is 2.17. The van der Waals surface area contributed by atoms with Crippen LogP contribution in [0.2, 0.25) is 0 Å². The van der Waals surface area contributed by atoms with Crippen LogP contribution in [0.4, 0.5) is 0 Å². The molecule has 2 aliphatic rings. The normalized spacial score (nSPS) is 25.3. The second kappa shape index (κ2) is 0.873. The summed E-state index contributed by atoms with van der Waals surface area (Å²) >= 11 is 3.68. The van der Waals surface area contributed by atoms with E-state index < -0.39 is 0 Å².